The fourth-order valence-corrected chi connectivity index (χ4v) is 0.996. The molecular formula is C8H14N2O2. The average Bonchev–Trinajstić information content (AvgIpc) is 2.49. The number of aromatic amines is 1. The van der Waals surface area contributed by atoms with Crippen molar-refractivity contribution in [1.82, 2.24) is 5.16 Å². The summed E-state index contributed by atoms with van der Waals surface area (Å²) in [5, 5.41) is 2.22. The molecular weight excluding hydrogens is 156 g/mol. The number of nitrogens with two attached hydrogens (primary N) is 1. The predicted octanol–water partition coefficient (Wildman–Crippen LogP) is 1.01. The van der Waals surface area contributed by atoms with E-state index in [9.17, 15) is 4.79 Å². The van der Waals surface area contributed by atoms with Crippen LogP contribution in [0.5, 0.6) is 0 Å². The number of nitrogens with one attached hydrogen (secondary N) is 1. The quantitative estimate of drug-likeness (QED) is 0.711. The smallest absolute Gasteiger partial charge is 0.280 e. The van der Waals surface area contributed by atoms with E-state index in [4.69, 9.17) is 10.3 Å². The van der Waals surface area contributed by atoms with Crippen LogP contribution in [0.15, 0.2) is 15.4 Å². The summed E-state index contributed by atoms with van der Waals surface area (Å²) in [5.41, 5.74) is 5.58. The van der Waals surface area contributed by atoms with Gasteiger partial charge in [-0.1, -0.05) is 20.3 Å². The lowest BCUT2D eigenvalue weighted by Gasteiger charge is -2.14. The molecule has 0 amide bonds. The molecule has 0 aliphatic rings. The Morgan fingerprint density at radius 3 is 2.83 bits per heavy atom. The Hall–Kier alpha value is -1.03. The van der Waals surface area contributed by atoms with Crippen LogP contribution in [0.2, 0.25) is 0 Å². The maximum atomic E-state index is 10.7. The Balaban J connectivity index is 2.77. The molecule has 12 heavy (non-hydrogen) atoms. The first kappa shape index (κ1) is 9.06. The van der Waals surface area contributed by atoms with E-state index in [0.29, 0.717) is 11.7 Å². The third-order valence-electron chi connectivity index (χ3n) is 2.13. The summed E-state index contributed by atoms with van der Waals surface area (Å²) in [6, 6.07) is 1.21. The van der Waals surface area contributed by atoms with Gasteiger partial charge in [-0.25, -0.2) is 0 Å². The monoisotopic (exact) mass is 170 g/mol. The highest BCUT2D eigenvalue weighted by molar-refractivity contribution is 5.01. The minimum Gasteiger partial charge on any atom is -0.382 e. The van der Waals surface area contributed by atoms with E-state index >= 15 is 0 Å². The van der Waals surface area contributed by atoms with E-state index in [0.717, 1.165) is 6.42 Å². The zero-order valence-corrected chi connectivity index (χ0v) is 7.33. The highest BCUT2D eigenvalue weighted by atomic mass is 16.5. The summed E-state index contributed by atoms with van der Waals surface area (Å²) >= 11 is 0. The Morgan fingerprint density at radius 1 is 1.75 bits per heavy atom. The number of H-pyrrole nitrogens is 1. The van der Waals surface area contributed by atoms with Crippen LogP contribution in [0, 0.1) is 5.92 Å². The van der Waals surface area contributed by atoms with Crippen LogP contribution in [0.1, 0.15) is 32.1 Å². The molecule has 0 radical (unpaired) electrons. The Kier molecular flexibility index (Phi) is 2.70. The molecule has 3 N–H and O–H groups in total. The van der Waals surface area contributed by atoms with Crippen molar-refractivity contribution >= 4 is 0 Å². The molecule has 68 valence electrons. The fourth-order valence-electron chi connectivity index (χ4n) is 0.996. The first-order chi connectivity index (χ1) is 5.65. The summed E-state index contributed by atoms with van der Waals surface area (Å²) in [4.78, 5) is 10.7. The van der Waals surface area contributed by atoms with Gasteiger partial charge in [-0.2, -0.15) is 5.16 Å². The number of aromatic nitrogens is 1. The molecule has 0 saturated heterocycles. The molecule has 1 heterocycles. The summed E-state index contributed by atoms with van der Waals surface area (Å²) in [6.45, 7) is 4.08. The molecule has 1 aromatic heterocycles. The molecule has 0 bridgehead atoms. The van der Waals surface area contributed by atoms with Gasteiger partial charge in [0.1, 0.15) is 0 Å². The van der Waals surface area contributed by atoms with Gasteiger partial charge < -0.3 is 10.3 Å². The third kappa shape index (κ3) is 1.76. The second kappa shape index (κ2) is 3.58. The molecule has 0 spiro atoms. The molecule has 2 atom stereocenters. The first-order valence-corrected chi connectivity index (χ1v) is 4.09. The zero-order chi connectivity index (χ0) is 9.14. The minimum atomic E-state index is -0.233. The standard InChI is InChI=1S/C8H14N2O2/c1-3-5(2)8(9)6-4-7(11)10-12-6/h4-5,8H,3,9H2,1-2H3,(H,10,11)/t5-,8-/m0/s1. The zero-order valence-electron chi connectivity index (χ0n) is 7.33. The van der Waals surface area contributed by atoms with E-state index in [1.54, 1.807) is 0 Å². The molecule has 1 aromatic rings. The van der Waals surface area contributed by atoms with Gasteiger partial charge in [0.2, 0.25) is 0 Å². The summed E-state index contributed by atoms with van der Waals surface area (Å²) in [6.07, 6.45) is 0.968. The molecule has 0 aliphatic heterocycles. The van der Waals surface area contributed by atoms with E-state index in [1.807, 2.05) is 6.92 Å². The molecule has 1 rings (SSSR count). The number of hydrogen-bond acceptors (Lipinski definition) is 3. The summed E-state index contributed by atoms with van der Waals surface area (Å²) in [5.74, 6) is 0.860. The fraction of sp³-hybridized carbons (Fsp3) is 0.625. The van der Waals surface area contributed by atoms with Crippen molar-refractivity contribution in [3.63, 3.8) is 0 Å². The van der Waals surface area contributed by atoms with Crippen molar-refractivity contribution < 1.29 is 4.52 Å². The Labute approximate surface area is 70.7 Å². The molecule has 0 saturated carbocycles. The SMILES string of the molecule is CC[C@H](C)[C@H](N)c1cc(=O)[nH]o1. The van der Waals surface area contributed by atoms with Crippen LogP contribution in [-0.2, 0) is 0 Å². The molecule has 4 nitrogen and oxygen atoms in total. The van der Waals surface area contributed by atoms with Crippen LogP contribution in [0.3, 0.4) is 0 Å². The predicted molar refractivity (Wildman–Crippen MR) is 45.7 cm³/mol. The minimum absolute atomic E-state index is 0.186. The van der Waals surface area contributed by atoms with Gasteiger partial charge in [0.25, 0.3) is 5.56 Å². The van der Waals surface area contributed by atoms with E-state index in [2.05, 4.69) is 12.1 Å². The highest BCUT2D eigenvalue weighted by Crippen LogP contribution is 2.19. The lowest BCUT2D eigenvalue weighted by molar-refractivity contribution is 0.318. The van der Waals surface area contributed by atoms with E-state index in [1.165, 1.54) is 6.07 Å². The lowest BCUT2D eigenvalue weighted by atomic mass is 9.98. The molecule has 4 heteroatoms. The lowest BCUT2D eigenvalue weighted by Crippen LogP contribution is -2.17. The van der Waals surface area contributed by atoms with Gasteiger partial charge >= 0.3 is 0 Å². The van der Waals surface area contributed by atoms with Crippen LogP contribution >= 0.6 is 0 Å². The average molecular weight is 170 g/mol. The van der Waals surface area contributed by atoms with Crippen molar-refractivity contribution in [3.05, 3.63) is 22.2 Å². The Bertz CT molecular complexity index is 289. The van der Waals surface area contributed by atoms with Crippen molar-refractivity contribution in [1.29, 1.82) is 0 Å². The van der Waals surface area contributed by atoms with Gasteiger partial charge in [-0.05, 0) is 5.92 Å². The summed E-state index contributed by atoms with van der Waals surface area (Å²) in [7, 11) is 0. The van der Waals surface area contributed by atoms with Gasteiger partial charge in [0, 0.05) is 6.07 Å². The van der Waals surface area contributed by atoms with E-state index < -0.39 is 0 Å². The van der Waals surface area contributed by atoms with Crippen LogP contribution in [0.25, 0.3) is 0 Å². The van der Waals surface area contributed by atoms with Crippen LogP contribution < -0.4 is 11.3 Å². The first-order valence-electron chi connectivity index (χ1n) is 4.09. The number of hydrogen-bond donors (Lipinski definition) is 2. The topological polar surface area (TPSA) is 72.0 Å². The highest BCUT2D eigenvalue weighted by Gasteiger charge is 2.16. The van der Waals surface area contributed by atoms with Gasteiger partial charge in [0.05, 0.1) is 6.04 Å². The Morgan fingerprint density at radius 2 is 2.42 bits per heavy atom. The maximum absolute atomic E-state index is 10.7. The number of rotatable bonds is 3. The van der Waals surface area contributed by atoms with Crippen LogP contribution in [0.4, 0.5) is 0 Å². The maximum Gasteiger partial charge on any atom is 0.280 e. The van der Waals surface area contributed by atoms with Crippen molar-refractivity contribution in [2.75, 3.05) is 0 Å². The third-order valence-corrected chi connectivity index (χ3v) is 2.13. The van der Waals surface area contributed by atoms with Gasteiger partial charge in [0.15, 0.2) is 5.76 Å². The van der Waals surface area contributed by atoms with Gasteiger partial charge in [-0.15, -0.1) is 0 Å². The molecule has 0 aliphatic carbocycles. The van der Waals surface area contributed by atoms with Crippen molar-refractivity contribution in [2.24, 2.45) is 11.7 Å². The molecule has 0 unspecified atom stereocenters. The van der Waals surface area contributed by atoms with Crippen molar-refractivity contribution in [2.45, 2.75) is 26.3 Å². The normalized spacial score (nSPS) is 15.9. The van der Waals surface area contributed by atoms with Crippen molar-refractivity contribution in [3.8, 4) is 0 Å². The second-order valence-electron chi connectivity index (χ2n) is 3.03. The largest absolute Gasteiger partial charge is 0.382 e. The molecule has 0 fully saturated rings. The second-order valence-corrected chi connectivity index (χ2v) is 3.03. The van der Waals surface area contributed by atoms with Gasteiger partial charge in [-0.3, -0.25) is 4.79 Å². The van der Waals surface area contributed by atoms with E-state index in [-0.39, 0.29) is 11.6 Å². The van der Waals surface area contributed by atoms with Crippen LogP contribution in [-0.4, -0.2) is 5.16 Å². The summed E-state index contributed by atoms with van der Waals surface area (Å²) < 4.78 is 4.89. The molecule has 0 aromatic carbocycles.